The maximum absolute atomic E-state index is 6.07. The summed E-state index contributed by atoms with van der Waals surface area (Å²) in [5, 5.41) is 0. The summed E-state index contributed by atoms with van der Waals surface area (Å²) in [5.74, 6) is 0. The van der Waals surface area contributed by atoms with E-state index in [4.69, 9.17) is 5.73 Å². The van der Waals surface area contributed by atoms with E-state index in [1.165, 1.54) is 37.8 Å². The number of benzene rings is 1. The van der Waals surface area contributed by atoms with Gasteiger partial charge >= 0.3 is 0 Å². The molecule has 0 amide bonds. The number of rotatable bonds is 1. The standard InChI is InChI=1S/C13H19BrN2/c14-11-6-7-13(12(15)10-11)16-8-4-2-1-3-5-9-16/h6-7,10H,1-5,8-9,15H2. The van der Waals surface area contributed by atoms with Crippen LogP contribution in [0.25, 0.3) is 0 Å². The third-order valence-corrected chi connectivity index (χ3v) is 3.68. The number of nitrogens with zero attached hydrogens (tertiary/aromatic N) is 1. The molecule has 88 valence electrons. The van der Waals surface area contributed by atoms with Crippen molar-refractivity contribution >= 4 is 27.3 Å². The smallest absolute Gasteiger partial charge is 0.0600 e. The van der Waals surface area contributed by atoms with E-state index < -0.39 is 0 Å². The topological polar surface area (TPSA) is 29.3 Å². The lowest BCUT2D eigenvalue weighted by molar-refractivity contribution is 0.557. The minimum absolute atomic E-state index is 0.884. The predicted octanol–water partition coefficient (Wildman–Crippen LogP) is 3.80. The molecule has 0 unspecified atom stereocenters. The molecule has 2 nitrogen and oxygen atoms in total. The second-order valence-corrected chi connectivity index (χ2v) is 5.37. The van der Waals surface area contributed by atoms with Crippen LogP contribution in [0.1, 0.15) is 32.1 Å². The molecule has 0 saturated carbocycles. The van der Waals surface area contributed by atoms with Crippen molar-refractivity contribution in [3.63, 3.8) is 0 Å². The maximum Gasteiger partial charge on any atom is 0.0600 e. The first-order valence-corrected chi connectivity index (χ1v) is 6.86. The minimum atomic E-state index is 0.884. The molecule has 3 heteroatoms. The number of hydrogen-bond acceptors (Lipinski definition) is 2. The minimum Gasteiger partial charge on any atom is -0.397 e. The Labute approximate surface area is 106 Å². The molecule has 2 N–H and O–H groups in total. The molecule has 1 aromatic rings. The van der Waals surface area contributed by atoms with Gasteiger partial charge in [0.05, 0.1) is 11.4 Å². The molecule has 1 fully saturated rings. The van der Waals surface area contributed by atoms with Crippen LogP contribution in [0.2, 0.25) is 0 Å². The Hall–Kier alpha value is -0.700. The lowest BCUT2D eigenvalue weighted by Crippen LogP contribution is -2.27. The summed E-state index contributed by atoms with van der Waals surface area (Å²) in [6.07, 6.45) is 6.68. The third-order valence-electron chi connectivity index (χ3n) is 3.19. The van der Waals surface area contributed by atoms with Gasteiger partial charge in [-0.3, -0.25) is 0 Å². The van der Waals surface area contributed by atoms with Crippen LogP contribution in [-0.2, 0) is 0 Å². The summed E-state index contributed by atoms with van der Waals surface area (Å²) in [5.41, 5.74) is 8.15. The van der Waals surface area contributed by atoms with Gasteiger partial charge in [-0.15, -0.1) is 0 Å². The summed E-state index contributed by atoms with van der Waals surface area (Å²) in [6, 6.07) is 6.19. The Balaban J connectivity index is 2.14. The van der Waals surface area contributed by atoms with E-state index in [1.807, 2.05) is 6.07 Å². The Kier molecular flexibility index (Phi) is 4.10. The highest BCUT2D eigenvalue weighted by atomic mass is 79.9. The van der Waals surface area contributed by atoms with Gasteiger partial charge in [0, 0.05) is 17.6 Å². The number of anilines is 2. The van der Waals surface area contributed by atoms with E-state index in [9.17, 15) is 0 Å². The molecule has 1 aliphatic rings. The van der Waals surface area contributed by atoms with E-state index in [0.29, 0.717) is 0 Å². The van der Waals surface area contributed by atoms with Crippen molar-refractivity contribution in [3.8, 4) is 0 Å². The zero-order valence-electron chi connectivity index (χ0n) is 9.58. The van der Waals surface area contributed by atoms with Crippen molar-refractivity contribution in [1.29, 1.82) is 0 Å². The zero-order chi connectivity index (χ0) is 11.4. The SMILES string of the molecule is Nc1cc(Br)ccc1N1CCCCCCC1. The quantitative estimate of drug-likeness (QED) is 0.794. The lowest BCUT2D eigenvalue weighted by Gasteiger charge is -2.28. The van der Waals surface area contributed by atoms with Crippen LogP contribution in [0.15, 0.2) is 22.7 Å². The zero-order valence-corrected chi connectivity index (χ0v) is 11.2. The lowest BCUT2D eigenvalue weighted by atomic mass is 10.1. The third kappa shape index (κ3) is 2.91. The van der Waals surface area contributed by atoms with E-state index in [0.717, 1.165) is 23.2 Å². The summed E-state index contributed by atoms with van der Waals surface area (Å²) >= 11 is 3.45. The Bertz CT molecular complexity index is 344. The molecule has 1 aromatic carbocycles. The van der Waals surface area contributed by atoms with E-state index in [2.05, 4.69) is 33.0 Å². The van der Waals surface area contributed by atoms with Gasteiger partial charge in [-0.25, -0.2) is 0 Å². The van der Waals surface area contributed by atoms with Crippen LogP contribution in [0, 0.1) is 0 Å². The largest absolute Gasteiger partial charge is 0.397 e. The van der Waals surface area contributed by atoms with Crippen LogP contribution < -0.4 is 10.6 Å². The van der Waals surface area contributed by atoms with Gasteiger partial charge in [-0.2, -0.15) is 0 Å². The summed E-state index contributed by atoms with van der Waals surface area (Å²) in [7, 11) is 0. The summed E-state index contributed by atoms with van der Waals surface area (Å²) < 4.78 is 1.06. The number of nitrogen functional groups attached to an aromatic ring is 1. The molecule has 0 radical (unpaired) electrons. The van der Waals surface area contributed by atoms with Gasteiger partial charge in [-0.05, 0) is 31.0 Å². The van der Waals surface area contributed by atoms with E-state index in [-0.39, 0.29) is 0 Å². The van der Waals surface area contributed by atoms with E-state index in [1.54, 1.807) is 0 Å². The normalized spacial score (nSPS) is 17.9. The molecule has 0 aromatic heterocycles. The summed E-state index contributed by atoms with van der Waals surface area (Å²) in [6.45, 7) is 2.29. The van der Waals surface area contributed by atoms with Crippen molar-refractivity contribution in [2.45, 2.75) is 32.1 Å². The van der Waals surface area contributed by atoms with Gasteiger partial charge < -0.3 is 10.6 Å². The highest BCUT2D eigenvalue weighted by Crippen LogP contribution is 2.28. The average Bonchev–Trinajstić information content (AvgIpc) is 2.19. The van der Waals surface area contributed by atoms with Gasteiger partial charge in [0.15, 0.2) is 0 Å². The Morgan fingerprint density at radius 3 is 2.25 bits per heavy atom. The molecule has 1 aliphatic heterocycles. The van der Waals surface area contributed by atoms with Crippen LogP contribution >= 0.6 is 15.9 Å². The highest BCUT2D eigenvalue weighted by molar-refractivity contribution is 9.10. The maximum atomic E-state index is 6.07. The first kappa shape index (κ1) is 11.8. The number of hydrogen-bond donors (Lipinski definition) is 1. The molecule has 0 aliphatic carbocycles. The van der Waals surface area contributed by atoms with Crippen LogP contribution in [0.3, 0.4) is 0 Å². The Morgan fingerprint density at radius 1 is 1.00 bits per heavy atom. The fraction of sp³-hybridized carbons (Fsp3) is 0.538. The fourth-order valence-corrected chi connectivity index (χ4v) is 2.68. The van der Waals surface area contributed by atoms with Crippen molar-refractivity contribution in [2.75, 3.05) is 23.7 Å². The van der Waals surface area contributed by atoms with Gasteiger partial charge in [0.2, 0.25) is 0 Å². The first-order valence-electron chi connectivity index (χ1n) is 6.07. The molecule has 1 heterocycles. The first-order chi connectivity index (χ1) is 7.77. The molecule has 16 heavy (non-hydrogen) atoms. The summed E-state index contributed by atoms with van der Waals surface area (Å²) in [4.78, 5) is 2.43. The molecular formula is C13H19BrN2. The van der Waals surface area contributed by atoms with Gasteiger partial charge in [-0.1, -0.05) is 35.2 Å². The van der Waals surface area contributed by atoms with Crippen molar-refractivity contribution in [2.24, 2.45) is 0 Å². The molecule has 0 spiro atoms. The second-order valence-electron chi connectivity index (χ2n) is 4.46. The van der Waals surface area contributed by atoms with E-state index >= 15 is 0 Å². The van der Waals surface area contributed by atoms with Crippen LogP contribution in [0.4, 0.5) is 11.4 Å². The molecule has 0 atom stereocenters. The van der Waals surface area contributed by atoms with Crippen molar-refractivity contribution in [1.82, 2.24) is 0 Å². The molecule has 2 rings (SSSR count). The molecule has 1 saturated heterocycles. The monoisotopic (exact) mass is 282 g/mol. The average molecular weight is 283 g/mol. The highest BCUT2D eigenvalue weighted by Gasteiger charge is 2.11. The van der Waals surface area contributed by atoms with Crippen LogP contribution in [0.5, 0.6) is 0 Å². The number of nitrogens with two attached hydrogens (primary N) is 1. The number of halogens is 1. The van der Waals surface area contributed by atoms with Gasteiger partial charge in [0.1, 0.15) is 0 Å². The fourth-order valence-electron chi connectivity index (χ4n) is 2.30. The Morgan fingerprint density at radius 2 is 1.62 bits per heavy atom. The second kappa shape index (κ2) is 5.58. The molecule has 0 bridgehead atoms. The predicted molar refractivity (Wildman–Crippen MR) is 73.9 cm³/mol. The van der Waals surface area contributed by atoms with Crippen LogP contribution in [-0.4, -0.2) is 13.1 Å². The van der Waals surface area contributed by atoms with Gasteiger partial charge in [0.25, 0.3) is 0 Å². The van der Waals surface area contributed by atoms with Crippen molar-refractivity contribution in [3.05, 3.63) is 22.7 Å². The molecular weight excluding hydrogens is 264 g/mol. The van der Waals surface area contributed by atoms with Crippen molar-refractivity contribution < 1.29 is 0 Å².